The SMILES string of the molecule is CNC1CN(C(C(=O)NO)C2CCNCC2)C(=O)C1(N)c1ccc(OCc2ccnc3ccccc23)cc1. The van der Waals surface area contributed by atoms with Crippen LogP contribution in [-0.4, -0.2) is 65.7 Å². The van der Waals surface area contributed by atoms with Gasteiger partial charge in [0.15, 0.2) is 0 Å². The van der Waals surface area contributed by atoms with Crippen LogP contribution in [0.15, 0.2) is 60.8 Å². The van der Waals surface area contributed by atoms with Crippen LogP contribution in [-0.2, 0) is 21.7 Å². The van der Waals surface area contributed by atoms with Gasteiger partial charge < -0.3 is 26.0 Å². The number of fused-ring (bicyclic) bond motifs is 1. The molecule has 1 aromatic heterocycles. The van der Waals surface area contributed by atoms with Crippen molar-refractivity contribution in [3.63, 3.8) is 0 Å². The molecule has 2 fully saturated rings. The zero-order valence-corrected chi connectivity index (χ0v) is 21.4. The second-order valence-electron chi connectivity index (χ2n) is 9.98. The first-order chi connectivity index (χ1) is 18.5. The normalized spacial score (nSPS) is 23.0. The lowest BCUT2D eigenvalue weighted by atomic mass is 9.85. The molecule has 3 atom stereocenters. The largest absolute Gasteiger partial charge is 0.489 e. The fraction of sp³-hybridized carbons (Fsp3) is 0.393. The van der Waals surface area contributed by atoms with Gasteiger partial charge in [0.05, 0.1) is 11.6 Å². The minimum absolute atomic E-state index is 0.0766. The monoisotopic (exact) mass is 518 g/mol. The maximum absolute atomic E-state index is 13.9. The van der Waals surface area contributed by atoms with Crippen LogP contribution < -0.4 is 26.6 Å². The van der Waals surface area contributed by atoms with Crippen LogP contribution in [0.25, 0.3) is 10.9 Å². The molecule has 10 nitrogen and oxygen atoms in total. The van der Waals surface area contributed by atoms with Gasteiger partial charge in [-0.1, -0.05) is 30.3 Å². The predicted molar refractivity (Wildman–Crippen MR) is 142 cm³/mol. The number of nitrogens with one attached hydrogen (secondary N) is 3. The summed E-state index contributed by atoms with van der Waals surface area (Å²) < 4.78 is 6.05. The van der Waals surface area contributed by atoms with E-state index >= 15 is 0 Å². The van der Waals surface area contributed by atoms with E-state index in [1.165, 1.54) is 4.90 Å². The Morgan fingerprint density at radius 1 is 1.21 bits per heavy atom. The summed E-state index contributed by atoms with van der Waals surface area (Å²) in [6.45, 7) is 2.13. The molecule has 2 amide bonds. The number of piperidine rings is 1. The van der Waals surface area contributed by atoms with Crippen molar-refractivity contribution in [2.75, 3.05) is 26.7 Å². The third-order valence-corrected chi connectivity index (χ3v) is 7.90. The van der Waals surface area contributed by atoms with Crippen LogP contribution in [0.1, 0.15) is 24.0 Å². The van der Waals surface area contributed by atoms with Crippen molar-refractivity contribution < 1.29 is 19.5 Å². The minimum Gasteiger partial charge on any atom is -0.489 e. The summed E-state index contributed by atoms with van der Waals surface area (Å²) in [6.07, 6.45) is 3.22. The molecule has 0 spiro atoms. The topological polar surface area (TPSA) is 142 Å². The molecule has 5 rings (SSSR count). The first-order valence-electron chi connectivity index (χ1n) is 12.9. The lowest BCUT2D eigenvalue weighted by Crippen LogP contribution is -2.57. The highest BCUT2D eigenvalue weighted by Crippen LogP contribution is 2.36. The molecule has 2 aliphatic rings. The number of pyridine rings is 1. The molecule has 2 saturated heterocycles. The van der Waals surface area contributed by atoms with E-state index in [-0.39, 0.29) is 18.4 Å². The Morgan fingerprint density at radius 2 is 1.95 bits per heavy atom. The van der Waals surface area contributed by atoms with Crippen LogP contribution in [0, 0.1) is 5.92 Å². The van der Waals surface area contributed by atoms with Crippen LogP contribution in [0.5, 0.6) is 5.75 Å². The number of para-hydroxylation sites is 1. The molecule has 3 unspecified atom stereocenters. The molecule has 38 heavy (non-hydrogen) atoms. The van der Waals surface area contributed by atoms with E-state index in [0.29, 0.717) is 17.9 Å². The summed E-state index contributed by atoms with van der Waals surface area (Å²) in [5, 5.41) is 16.9. The van der Waals surface area contributed by atoms with Gasteiger partial charge in [-0.2, -0.15) is 0 Å². The molecular formula is C28H34N6O4. The molecule has 0 radical (unpaired) electrons. The van der Waals surface area contributed by atoms with Crippen molar-refractivity contribution in [1.82, 2.24) is 26.0 Å². The maximum Gasteiger partial charge on any atom is 0.266 e. The Bertz CT molecular complexity index is 1290. The third kappa shape index (κ3) is 4.71. The average molecular weight is 519 g/mol. The zero-order valence-electron chi connectivity index (χ0n) is 21.4. The molecule has 2 aromatic carbocycles. The molecule has 2 aliphatic heterocycles. The number of aromatic nitrogens is 1. The van der Waals surface area contributed by atoms with E-state index in [9.17, 15) is 14.8 Å². The highest BCUT2D eigenvalue weighted by molar-refractivity contribution is 5.95. The first kappa shape index (κ1) is 26.1. The number of likely N-dealkylation sites (N-methyl/N-ethyl adjacent to an activating group) is 1. The number of hydroxylamine groups is 1. The highest BCUT2D eigenvalue weighted by atomic mass is 16.5. The summed E-state index contributed by atoms with van der Waals surface area (Å²) in [7, 11) is 1.76. The van der Waals surface area contributed by atoms with Crippen LogP contribution in [0.3, 0.4) is 0 Å². The molecule has 200 valence electrons. The lowest BCUT2D eigenvalue weighted by Gasteiger charge is -2.36. The third-order valence-electron chi connectivity index (χ3n) is 7.90. The summed E-state index contributed by atoms with van der Waals surface area (Å²) in [4.78, 5) is 32.5. The summed E-state index contributed by atoms with van der Waals surface area (Å²) in [6, 6.07) is 15.8. The molecule has 3 heterocycles. The molecule has 3 aromatic rings. The first-order valence-corrected chi connectivity index (χ1v) is 12.9. The summed E-state index contributed by atoms with van der Waals surface area (Å²) >= 11 is 0. The number of nitrogens with two attached hydrogens (primary N) is 1. The van der Waals surface area contributed by atoms with E-state index in [1.54, 1.807) is 43.0 Å². The number of carbonyl (C=O) groups excluding carboxylic acids is 2. The van der Waals surface area contributed by atoms with Gasteiger partial charge in [-0.05, 0) is 68.7 Å². The molecule has 0 bridgehead atoms. The number of ether oxygens (including phenoxy) is 1. The quantitative estimate of drug-likeness (QED) is 0.222. The van der Waals surface area contributed by atoms with Crippen molar-refractivity contribution in [3.05, 3.63) is 71.9 Å². The van der Waals surface area contributed by atoms with Gasteiger partial charge in [-0.3, -0.25) is 19.8 Å². The number of likely N-dealkylation sites (tertiary alicyclic amines) is 1. The summed E-state index contributed by atoms with van der Waals surface area (Å²) in [5.74, 6) is -0.362. The number of carbonyl (C=O) groups is 2. The van der Waals surface area contributed by atoms with Gasteiger partial charge >= 0.3 is 0 Å². The Morgan fingerprint density at radius 3 is 2.66 bits per heavy atom. The number of hydrogen-bond donors (Lipinski definition) is 5. The van der Waals surface area contributed by atoms with Crippen LogP contribution >= 0.6 is 0 Å². The fourth-order valence-corrected chi connectivity index (χ4v) is 5.80. The van der Waals surface area contributed by atoms with Gasteiger partial charge in [0.2, 0.25) is 5.91 Å². The van der Waals surface area contributed by atoms with Crippen molar-refractivity contribution in [3.8, 4) is 5.75 Å². The molecule has 0 saturated carbocycles. The Labute approximate surface area is 221 Å². The van der Waals surface area contributed by atoms with Crippen molar-refractivity contribution in [2.45, 2.75) is 37.1 Å². The van der Waals surface area contributed by atoms with Gasteiger partial charge in [0.25, 0.3) is 5.91 Å². The second kappa shape index (κ2) is 11.0. The standard InChI is InChI=1S/C28H34N6O4/c1-30-24-16-34(25(26(35)33-37)18-10-13-31-14-11-18)27(36)28(24,29)20-6-8-21(9-7-20)38-17-19-12-15-32-23-5-3-2-4-22(19)23/h2-9,12,15,18,24-25,30-31,37H,10-11,13-14,16-17,29H2,1H3,(H,33,35). The minimum atomic E-state index is -1.38. The molecule has 6 N–H and O–H groups in total. The molecule has 0 aliphatic carbocycles. The smallest absolute Gasteiger partial charge is 0.266 e. The van der Waals surface area contributed by atoms with E-state index < -0.39 is 23.5 Å². The molecule has 10 heteroatoms. The number of rotatable bonds is 8. The van der Waals surface area contributed by atoms with Crippen LogP contribution in [0.2, 0.25) is 0 Å². The van der Waals surface area contributed by atoms with E-state index in [2.05, 4.69) is 15.6 Å². The average Bonchev–Trinajstić information content (AvgIpc) is 3.22. The lowest BCUT2D eigenvalue weighted by molar-refractivity contribution is -0.146. The van der Waals surface area contributed by atoms with Gasteiger partial charge in [-0.15, -0.1) is 0 Å². The second-order valence-corrected chi connectivity index (χ2v) is 9.98. The predicted octanol–water partition coefficient (Wildman–Crippen LogP) is 1.27. The van der Waals surface area contributed by atoms with Crippen LogP contribution in [0.4, 0.5) is 0 Å². The van der Waals surface area contributed by atoms with E-state index in [1.807, 2.05) is 30.3 Å². The molecular weight excluding hydrogens is 484 g/mol. The maximum atomic E-state index is 13.9. The Balaban J connectivity index is 1.36. The van der Waals surface area contributed by atoms with Crippen molar-refractivity contribution in [1.29, 1.82) is 0 Å². The Kier molecular flexibility index (Phi) is 7.57. The zero-order chi connectivity index (χ0) is 26.7. The highest BCUT2D eigenvalue weighted by Gasteiger charge is 2.55. The van der Waals surface area contributed by atoms with Crippen molar-refractivity contribution >= 4 is 22.7 Å². The number of benzene rings is 2. The van der Waals surface area contributed by atoms with Gasteiger partial charge in [-0.25, -0.2) is 5.48 Å². The summed E-state index contributed by atoms with van der Waals surface area (Å²) in [5.41, 5.74) is 9.80. The van der Waals surface area contributed by atoms with E-state index in [0.717, 1.165) is 42.4 Å². The number of amides is 2. The van der Waals surface area contributed by atoms with Gasteiger partial charge in [0.1, 0.15) is 23.9 Å². The van der Waals surface area contributed by atoms with Gasteiger partial charge in [0, 0.05) is 23.7 Å². The Hall–Kier alpha value is -3.57. The fourth-order valence-electron chi connectivity index (χ4n) is 5.80. The van der Waals surface area contributed by atoms with E-state index in [4.69, 9.17) is 10.5 Å². The number of hydrogen-bond acceptors (Lipinski definition) is 8. The number of nitrogens with zero attached hydrogens (tertiary/aromatic N) is 2. The van der Waals surface area contributed by atoms with Crippen molar-refractivity contribution in [2.24, 2.45) is 11.7 Å².